The zero-order valence-electron chi connectivity index (χ0n) is 10.5. The van der Waals surface area contributed by atoms with Gasteiger partial charge in [0.25, 0.3) is 0 Å². The first-order valence-corrected chi connectivity index (χ1v) is 5.65. The van der Waals surface area contributed by atoms with E-state index in [2.05, 4.69) is 9.97 Å². The summed E-state index contributed by atoms with van der Waals surface area (Å²) in [6, 6.07) is 7.19. The van der Waals surface area contributed by atoms with Gasteiger partial charge in [0.15, 0.2) is 5.69 Å². The van der Waals surface area contributed by atoms with E-state index in [0.29, 0.717) is 12.4 Å². The minimum absolute atomic E-state index is 0.346. The first-order chi connectivity index (χ1) is 9.49. The third kappa shape index (κ3) is 3.67. The van der Waals surface area contributed by atoms with Gasteiger partial charge in [0, 0.05) is 13.3 Å². The average Bonchev–Trinajstić information content (AvgIpc) is 2.39. The molecule has 0 unspecified atom stereocenters. The Balaban J connectivity index is 2.19. The van der Waals surface area contributed by atoms with Gasteiger partial charge < -0.3 is 9.47 Å². The van der Waals surface area contributed by atoms with E-state index in [1.165, 1.54) is 0 Å². The van der Waals surface area contributed by atoms with Gasteiger partial charge in [-0.2, -0.15) is 18.2 Å². The number of rotatable bonds is 4. The highest BCUT2D eigenvalue weighted by molar-refractivity contribution is 5.30. The second-order valence-electron chi connectivity index (χ2n) is 3.90. The number of ether oxygens (including phenoxy) is 2. The third-order valence-electron chi connectivity index (χ3n) is 2.34. The molecular weight excluding hydrogens is 273 g/mol. The summed E-state index contributed by atoms with van der Waals surface area (Å²) < 4.78 is 47.7. The Morgan fingerprint density at radius 1 is 1.20 bits per heavy atom. The molecule has 0 N–H and O–H groups in total. The van der Waals surface area contributed by atoms with Crippen LogP contribution in [0.1, 0.15) is 11.3 Å². The number of aromatic nitrogens is 2. The molecule has 0 saturated carbocycles. The van der Waals surface area contributed by atoms with E-state index in [9.17, 15) is 13.2 Å². The second kappa shape index (κ2) is 5.87. The molecule has 4 nitrogen and oxygen atoms in total. The summed E-state index contributed by atoms with van der Waals surface area (Å²) in [5, 5.41) is 0. The van der Waals surface area contributed by atoms with Crippen molar-refractivity contribution in [2.45, 2.75) is 12.8 Å². The molecule has 1 heterocycles. The van der Waals surface area contributed by atoms with Gasteiger partial charge >= 0.3 is 12.2 Å². The molecule has 0 aliphatic rings. The smallest absolute Gasteiger partial charge is 0.424 e. The van der Waals surface area contributed by atoms with Gasteiger partial charge in [0.05, 0.1) is 6.61 Å². The van der Waals surface area contributed by atoms with Crippen molar-refractivity contribution in [1.82, 2.24) is 9.97 Å². The van der Waals surface area contributed by atoms with Crippen LogP contribution in [0.4, 0.5) is 13.2 Å². The molecule has 1 aromatic heterocycles. The summed E-state index contributed by atoms with van der Waals surface area (Å²) >= 11 is 0. The SMILES string of the molecule is COCc1cccc(Oc2nccc(C(F)(F)F)n2)c1. The molecule has 0 aliphatic heterocycles. The summed E-state index contributed by atoms with van der Waals surface area (Å²) in [7, 11) is 1.55. The average molecular weight is 284 g/mol. The quantitative estimate of drug-likeness (QED) is 0.862. The first kappa shape index (κ1) is 14.3. The minimum Gasteiger partial charge on any atom is -0.424 e. The summed E-state index contributed by atoms with van der Waals surface area (Å²) in [6.45, 7) is 0.376. The Morgan fingerprint density at radius 2 is 2.00 bits per heavy atom. The molecule has 2 aromatic rings. The van der Waals surface area contributed by atoms with Crippen LogP contribution in [0, 0.1) is 0 Å². The molecule has 20 heavy (non-hydrogen) atoms. The largest absolute Gasteiger partial charge is 0.433 e. The van der Waals surface area contributed by atoms with Crippen molar-refractivity contribution in [2.24, 2.45) is 0 Å². The Bertz CT molecular complexity index is 588. The number of nitrogens with zero attached hydrogens (tertiary/aromatic N) is 2. The maximum absolute atomic E-state index is 12.5. The topological polar surface area (TPSA) is 44.2 Å². The molecule has 0 bridgehead atoms. The van der Waals surface area contributed by atoms with E-state index in [0.717, 1.165) is 17.8 Å². The Hall–Kier alpha value is -2.15. The van der Waals surface area contributed by atoms with Crippen LogP contribution in [0.15, 0.2) is 36.5 Å². The van der Waals surface area contributed by atoms with Crippen molar-refractivity contribution in [3.05, 3.63) is 47.8 Å². The minimum atomic E-state index is -4.53. The number of methoxy groups -OCH3 is 1. The molecule has 7 heteroatoms. The Labute approximate surface area is 113 Å². The number of alkyl halides is 3. The normalized spacial score (nSPS) is 11.4. The predicted octanol–water partition coefficient (Wildman–Crippen LogP) is 3.43. The van der Waals surface area contributed by atoms with Crippen molar-refractivity contribution >= 4 is 0 Å². The molecule has 0 spiro atoms. The maximum Gasteiger partial charge on any atom is 0.433 e. The van der Waals surface area contributed by atoms with Crippen LogP contribution in [-0.4, -0.2) is 17.1 Å². The van der Waals surface area contributed by atoms with Crippen molar-refractivity contribution < 1.29 is 22.6 Å². The van der Waals surface area contributed by atoms with Crippen LogP contribution in [-0.2, 0) is 17.5 Å². The summed E-state index contributed by atoms with van der Waals surface area (Å²) in [4.78, 5) is 6.98. The van der Waals surface area contributed by atoms with Gasteiger partial charge in [-0.15, -0.1) is 0 Å². The zero-order chi connectivity index (χ0) is 14.6. The third-order valence-corrected chi connectivity index (χ3v) is 2.34. The van der Waals surface area contributed by atoms with Crippen LogP contribution in [0.5, 0.6) is 11.8 Å². The van der Waals surface area contributed by atoms with Gasteiger partial charge in [-0.3, -0.25) is 0 Å². The van der Waals surface area contributed by atoms with E-state index >= 15 is 0 Å². The number of hydrogen-bond acceptors (Lipinski definition) is 4. The number of hydrogen-bond donors (Lipinski definition) is 0. The zero-order valence-corrected chi connectivity index (χ0v) is 10.5. The molecule has 0 amide bonds. The molecule has 0 radical (unpaired) electrons. The van der Waals surface area contributed by atoms with Gasteiger partial charge in [0.2, 0.25) is 0 Å². The van der Waals surface area contributed by atoms with Crippen LogP contribution in [0.25, 0.3) is 0 Å². The van der Waals surface area contributed by atoms with E-state index in [1.54, 1.807) is 25.3 Å². The van der Waals surface area contributed by atoms with Gasteiger partial charge in [-0.05, 0) is 23.8 Å². The Morgan fingerprint density at radius 3 is 2.70 bits per heavy atom. The van der Waals surface area contributed by atoms with Crippen molar-refractivity contribution in [3.63, 3.8) is 0 Å². The van der Waals surface area contributed by atoms with Crippen molar-refractivity contribution in [2.75, 3.05) is 7.11 Å². The summed E-state index contributed by atoms with van der Waals surface area (Å²) in [5.41, 5.74) is -0.215. The lowest BCUT2D eigenvalue weighted by molar-refractivity contribution is -0.141. The highest BCUT2D eigenvalue weighted by Crippen LogP contribution is 2.29. The summed E-state index contributed by atoms with van der Waals surface area (Å²) in [6.07, 6.45) is -3.52. The fourth-order valence-corrected chi connectivity index (χ4v) is 1.52. The summed E-state index contributed by atoms with van der Waals surface area (Å²) in [5.74, 6) is 0.346. The van der Waals surface area contributed by atoms with Gasteiger partial charge in [-0.25, -0.2) is 4.98 Å². The van der Waals surface area contributed by atoms with Crippen LogP contribution >= 0.6 is 0 Å². The lowest BCUT2D eigenvalue weighted by Gasteiger charge is -2.08. The molecule has 106 valence electrons. The van der Waals surface area contributed by atoms with E-state index < -0.39 is 11.9 Å². The number of halogens is 3. The highest BCUT2D eigenvalue weighted by Gasteiger charge is 2.33. The predicted molar refractivity (Wildman–Crippen MR) is 64.3 cm³/mol. The standard InChI is InChI=1S/C13H11F3N2O2/c1-19-8-9-3-2-4-10(7-9)20-12-17-6-5-11(18-12)13(14,15)16/h2-7H,8H2,1H3. The van der Waals surface area contributed by atoms with Crippen LogP contribution in [0.2, 0.25) is 0 Å². The monoisotopic (exact) mass is 284 g/mol. The fourth-order valence-electron chi connectivity index (χ4n) is 1.52. The van der Waals surface area contributed by atoms with Gasteiger partial charge in [-0.1, -0.05) is 12.1 Å². The van der Waals surface area contributed by atoms with Crippen molar-refractivity contribution in [1.29, 1.82) is 0 Å². The Kier molecular flexibility index (Phi) is 4.19. The van der Waals surface area contributed by atoms with E-state index in [1.807, 2.05) is 6.07 Å². The van der Waals surface area contributed by atoms with Gasteiger partial charge in [0.1, 0.15) is 5.75 Å². The lowest BCUT2D eigenvalue weighted by Crippen LogP contribution is -2.08. The molecule has 0 aliphatic carbocycles. The van der Waals surface area contributed by atoms with E-state index in [4.69, 9.17) is 9.47 Å². The van der Waals surface area contributed by atoms with Crippen molar-refractivity contribution in [3.8, 4) is 11.8 Å². The molecule has 0 atom stereocenters. The molecule has 1 aromatic carbocycles. The fraction of sp³-hybridized carbons (Fsp3) is 0.231. The van der Waals surface area contributed by atoms with Crippen LogP contribution < -0.4 is 4.74 Å². The molecule has 0 fully saturated rings. The molecule has 2 rings (SSSR count). The highest BCUT2D eigenvalue weighted by atomic mass is 19.4. The molecule has 0 saturated heterocycles. The van der Waals surface area contributed by atoms with Crippen LogP contribution in [0.3, 0.4) is 0 Å². The molecular formula is C13H11F3N2O2. The maximum atomic E-state index is 12.5. The second-order valence-corrected chi connectivity index (χ2v) is 3.90. The first-order valence-electron chi connectivity index (χ1n) is 5.65. The van der Waals surface area contributed by atoms with E-state index in [-0.39, 0.29) is 6.01 Å². The lowest BCUT2D eigenvalue weighted by atomic mass is 10.2. The number of benzene rings is 1.